The second-order valence-corrected chi connectivity index (χ2v) is 23.0. The van der Waals surface area contributed by atoms with E-state index in [2.05, 4.69) is 0 Å². The average molecular weight is 1260 g/mol. The number of halogens is 8. The van der Waals surface area contributed by atoms with E-state index in [1.54, 1.807) is 72.8 Å². The summed E-state index contributed by atoms with van der Waals surface area (Å²) in [6, 6.07) is 83.1. The molecule has 0 aliphatic heterocycles. The highest BCUT2D eigenvalue weighted by atomic mass is 19.4. The van der Waals surface area contributed by atoms with Crippen LogP contribution in [0.5, 0.6) is 0 Å². The van der Waals surface area contributed by atoms with Crippen LogP contribution in [0.1, 0.15) is 5.56 Å². The van der Waals surface area contributed by atoms with Crippen molar-refractivity contribution in [3.63, 3.8) is 0 Å². The third-order valence-electron chi connectivity index (χ3n) is 17.4. The largest absolute Gasteiger partial charge is 0.420 e. The third-order valence-corrected chi connectivity index (χ3v) is 17.4. The van der Waals surface area contributed by atoms with Crippen LogP contribution in [0.2, 0.25) is 0 Å². The van der Waals surface area contributed by atoms with E-state index in [-0.39, 0.29) is 22.1 Å². The fourth-order valence-corrected chi connectivity index (χ4v) is 13.0. The molecule has 0 radical (unpaired) electrons. The number of benzene rings is 10. The Balaban J connectivity index is 0.994. The van der Waals surface area contributed by atoms with Gasteiger partial charge in [-0.2, -0.15) is 13.2 Å². The van der Waals surface area contributed by atoms with Crippen LogP contribution in [0.25, 0.3) is 156 Å². The van der Waals surface area contributed by atoms with E-state index >= 15 is 35.1 Å². The van der Waals surface area contributed by atoms with E-state index in [9.17, 15) is 0 Å². The van der Waals surface area contributed by atoms with Gasteiger partial charge in [-0.3, -0.25) is 0 Å². The fraction of sp³-hybridized carbons (Fsp3) is 0.0123. The van der Waals surface area contributed by atoms with Crippen LogP contribution in [-0.4, -0.2) is 29.1 Å². The number of aromatic nitrogens is 6. The van der Waals surface area contributed by atoms with Gasteiger partial charge in [0.2, 0.25) is 5.82 Å². The number of alkyl halides is 3. The molecule has 14 heteroatoms. The van der Waals surface area contributed by atoms with Crippen molar-refractivity contribution in [3.8, 4) is 113 Å². The maximum absolute atomic E-state index is 17.6. The molecule has 16 aromatic rings. The molecule has 0 aliphatic carbocycles. The van der Waals surface area contributed by atoms with Gasteiger partial charge in [0.15, 0.2) is 23.3 Å². The number of hydrogen-bond acceptors (Lipinski definition) is 4. The van der Waals surface area contributed by atoms with Gasteiger partial charge in [-0.15, -0.1) is 0 Å². The van der Waals surface area contributed by atoms with Crippen molar-refractivity contribution in [2.24, 2.45) is 0 Å². The van der Waals surface area contributed by atoms with Gasteiger partial charge in [0.25, 0.3) is 0 Å². The number of pyridine rings is 4. The normalized spacial score (nSPS) is 11.8. The summed E-state index contributed by atoms with van der Waals surface area (Å²) in [6.45, 7) is 0. The molecule has 456 valence electrons. The van der Waals surface area contributed by atoms with Crippen LogP contribution in [0.3, 0.4) is 0 Å². The molecule has 0 unspecified atom stereocenters. The molecule has 10 aromatic carbocycles. The van der Waals surface area contributed by atoms with Gasteiger partial charge < -0.3 is 9.13 Å². The minimum absolute atomic E-state index is 0.0888. The van der Waals surface area contributed by atoms with Crippen LogP contribution in [0, 0.1) is 29.1 Å². The van der Waals surface area contributed by atoms with Gasteiger partial charge in [-0.25, -0.2) is 41.9 Å². The average Bonchev–Trinajstić information content (AvgIpc) is 1.61. The Hall–Kier alpha value is -12.2. The van der Waals surface area contributed by atoms with Gasteiger partial charge >= 0.3 is 6.18 Å². The molecule has 6 heterocycles. The zero-order chi connectivity index (χ0) is 64.6. The third kappa shape index (κ3) is 10.1. The highest BCUT2D eigenvalue weighted by Gasteiger charge is 2.42. The van der Waals surface area contributed by atoms with E-state index in [0.29, 0.717) is 89.4 Å². The number of fused-ring (bicyclic) bond motifs is 6. The number of rotatable bonds is 11. The lowest BCUT2D eigenvalue weighted by molar-refractivity contribution is -0.137. The van der Waals surface area contributed by atoms with E-state index in [1.807, 2.05) is 194 Å². The van der Waals surface area contributed by atoms with Crippen molar-refractivity contribution in [2.75, 3.05) is 0 Å². The maximum Gasteiger partial charge on any atom is 0.420 e. The molecule has 6 nitrogen and oxygen atoms in total. The molecular formula is C81H46F8N6. The van der Waals surface area contributed by atoms with Crippen molar-refractivity contribution < 1.29 is 35.1 Å². The lowest BCUT2D eigenvalue weighted by atomic mass is 9.95. The standard InChI is InChI=1S/C81H46F8N6/c82-75-73(76(83)78(85)79(86)77(75)84)55-37-42-72(94-68-38-33-51(64-29-13-25-60(90-64)47-17-5-1-6-18-47)43-56(68)57-44-52(34-39-69(57)94)65-30-14-26-61(91-65)48-19-7-2-8-20-48)74(81(87,88)89)80(55)95-70-40-35-53(66-31-15-27-62(92-66)49-21-9-3-10-22-49)45-58(70)59-46-54(36-41-71(59)95)67-32-16-28-63(93-67)50-23-11-4-12-24-50/h1-46H. The highest BCUT2D eigenvalue weighted by Crippen LogP contribution is 2.50. The maximum atomic E-state index is 17.6. The van der Waals surface area contributed by atoms with Crippen molar-refractivity contribution in [1.29, 1.82) is 0 Å². The first-order chi connectivity index (χ1) is 46.3. The summed E-state index contributed by atoms with van der Waals surface area (Å²) in [7, 11) is 0. The molecule has 0 spiro atoms. The smallest absolute Gasteiger partial charge is 0.309 e. The van der Waals surface area contributed by atoms with Gasteiger partial charge in [0.1, 0.15) is 5.56 Å². The summed E-state index contributed by atoms with van der Waals surface area (Å²) < 4.78 is 136. The molecule has 0 fully saturated rings. The Labute approximate surface area is 537 Å². The summed E-state index contributed by atoms with van der Waals surface area (Å²) in [6.07, 6.45) is -5.45. The van der Waals surface area contributed by atoms with Crippen LogP contribution in [0.15, 0.2) is 279 Å². The van der Waals surface area contributed by atoms with E-state index < -0.39 is 63.3 Å². The Morgan fingerprint density at radius 2 is 0.526 bits per heavy atom. The minimum Gasteiger partial charge on any atom is -0.309 e. The quantitative estimate of drug-likeness (QED) is 0.0735. The van der Waals surface area contributed by atoms with Crippen molar-refractivity contribution in [1.82, 2.24) is 29.1 Å². The van der Waals surface area contributed by atoms with Crippen LogP contribution in [0.4, 0.5) is 35.1 Å². The highest BCUT2D eigenvalue weighted by molar-refractivity contribution is 6.14. The zero-order valence-electron chi connectivity index (χ0n) is 49.8. The molecule has 16 rings (SSSR count). The fourth-order valence-electron chi connectivity index (χ4n) is 13.0. The molecular weight excluding hydrogens is 1210 g/mol. The summed E-state index contributed by atoms with van der Waals surface area (Å²) in [5.41, 5.74) is 5.97. The zero-order valence-corrected chi connectivity index (χ0v) is 49.8. The number of nitrogens with zero attached hydrogens (tertiary/aromatic N) is 6. The van der Waals surface area contributed by atoms with Gasteiger partial charge in [0.05, 0.1) is 84.6 Å². The molecule has 0 saturated carbocycles. The summed E-state index contributed by atoms with van der Waals surface area (Å²) in [5.74, 6) is -11.8. The Morgan fingerprint density at radius 3 is 0.821 bits per heavy atom. The summed E-state index contributed by atoms with van der Waals surface area (Å²) in [5, 5.41) is 1.71. The first-order valence-corrected chi connectivity index (χ1v) is 30.4. The van der Waals surface area contributed by atoms with E-state index in [1.165, 1.54) is 9.13 Å². The van der Waals surface area contributed by atoms with Gasteiger partial charge in [-0.05, 0) is 109 Å². The summed E-state index contributed by atoms with van der Waals surface area (Å²) >= 11 is 0. The Kier molecular flexibility index (Phi) is 14.2. The SMILES string of the molecule is Fc1c(F)c(F)c(-c2ccc(-n3c4ccc(-c5cccc(-c6ccccc6)n5)cc4c4cc(-c5cccc(-c6ccccc6)n5)ccc43)c(C(F)(F)F)c2-n2c3ccc(-c4cccc(-c5ccccc5)n4)cc3c3cc(-c4cccc(-c5ccccc5)n4)ccc32)c(F)c1F. The molecule has 6 aromatic heterocycles. The van der Waals surface area contributed by atoms with Gasteiger partial charge in [-0.1, -0.05) is 170 Å². The second kappa shape index (κ2) is 23.2. The van der Waals surface area contributed by atoms with Crippen molar-refractivity contribution >= 4 is 43.6 Å². The van der Waals surface area contributed by atoms with E-state index in [4.69, 9.17) is 19.9 Å². The molecule has 0 amide bonds. The van der Waals surface area contributed by atoms with Crippen LogP contribution >= 0.6 is 0 Å². The topological polar surface area (TPSA) is 61.4 Å². The predicted octanol–water partition coefficient (Wildman–Crippen LogP) is 22.2. The lowest BCUT2D eigenvalue weighted by Gasteiger charge is -2.25. The predicted molar refractivity (Wildman–Crippen MR) is 360 cm³/mol. The molecule has 0 atom stereocenters. The molecule has 0 bridgehead atoms. The molecule has 95 heavy (non-hydrogen) atoms. The van der Waals surface area contributed by atoms with E-state index in [0.717, 1.165) is 34.4 Å². The Bertz CT molecular complexity index is 5410. The Morgan fingerprint density at radius 1 is 0.253 bits per heavy atom. The molecule has 0 saturated heterocycles. The van der Waals surface area contributed by atoms with Gasteiger partial charge in [0, 0.05) is 71.6 Å². The first-order valence-electron chi connectivity index (χ1n) is 30.4. The van der Waals surface area contributed by atoms with Crippen LogP contribution in [-0.2, 0) is 6.18 Å². The molecule has 0 N–H and O–H groups in total. The minimum atomic E-state index is -5.45. The monoisotopic (exact) mass is 1250 g/mol. The summed E-state index contributed by atoms with van der Waals surface area (Å²) in [4.78, 5) is 20.1. The lowest BCUT2D eigenvalue weighted by Crippen LogP contribution is -2.17. The molecule has 0 aliphatic rings. The van der Waals surface area contributed by atoms with Crippen LogP contribution < -0.4 is 0 Å². The van der Waals surface area contributed by atoms with Crippen molar-refractivity contribution in [3.05, 3.63) is 314 Å². The first kappa shape index (κ1) is 58.0. The second-order valence-electron chi connectivity index (χ2n) is 23.0. The number of hydrogen-bond donors (Lipinski definition) is 0. The van der Waals surface area contributed by atoms with Crippen molar-refractivity contribution in [2.45, 2.75) is 6.18 Å².